The van der Waals surface area contributed by atoms with E-state index in [1.54, 1.807) is 32.4 Å². The number of rotatable bonds is 11. The molecule has 0 aliphatic carbocycles. The van der Waals surface area contributed by atoms with Gasteiger partial charge in [0.25, 0.3) is 10.0 Å². The predicted molar refractivity (Wildman–Crippen MR) is 130 cm³/mol. The number of ether oxygens (including phenoxy) is 3. The topological polar surface area (TPSA) is 94.2 Å². The van der Waals surface area contributed by atoms with Crippen LogP contribution < -0.4 is 23.8 Å². The zero-order chi connectivity index (χ0) is 25.4. The van der Waals surface area contributed by atoms with Gasteiger partial charge in [-0.25, -0.2) is 12.8 Å². The molecule has 0 aromatic heterocycles. The Kier molecular flexibility index (Phi) is 8.53. The van der Waals surface area contributed by atoms with Gasteiger partial charge in [-0.1, -0.05) is 6.07 Å². The summed E-state index contributed by atoms with van der Waals surface area (Å²) in [5.41, 5.74) is 1.18. The van der Waals surface area contributed by atoms with Crippen molar-refractivity contribution in [2.75, 3.05) is 38.7 Å². The molecule has 3 aromatic rings. The summed E-state index contributed by atoms with van der Waals surface area (Å²) in [6, 6.07) is 16.2. The summed E-state index contributed by atoms with van der Waals surface area (Å²) in [7, 11) is 0.437. The number of benzene rings is 3. The second kappa shape index (κ2) is 11.6. The fourth-order valence-corrected chi connectivity index (χ4v) is 4.79. The fraction of sp³-hybridized carbons (Fsp3) is 0.240. The second-order valence-electron chi connectivity index (χ2n) is 7.45. The summed E-state index contributed by atoms with van der Waals surface area (Å²) in [4.78, 5) is 12.6. The summed E-state index contributed by atoms with van der Waals surface area (Å²) >= 11 is 0. The summed E-state index contributed by atoms with van der Waals surface area (Å²) in [6.45, 7) is -0.181. The summed E-state index contributed by atoms with van der Waals surface area (Å²) in [6.07, 6.45) is 0.499. The highest BCUT2D eigenvalue weighted by atomic mass is 32.2. The van der Waals surface area contributed by atoms with Gasteiger partial charge in [-0.05, 0) is 72.6 Å². The van der Waals surface area contributed by atoms with Crippen molar-refractivity contribution in [2.45, 2.75) is 11.3 Å². The number of amides is 1. The molecule has 186 valence electrons. The van der Waals surface area contributed by atoms with Crippen LogP contribution in [-0.2, 0) is 21.2 Å². The molecule has 0 radical (unpaired) electrons. The Morgan fingerprint density at radius 2 is 1.54 bits per heavy atom. The van der Waals surface area contributed by atoms with Crippen LogP contribution in [0.5, 0.6) is 17.2 Å². The van der Waals surface area contributed by atoms with E-state index >= 15 is 0 Å². The molecule has 3 aromatic carbocycles. The molecule has 35 heavy (non-hydrogen) atoms. The van der Waals surface area contributed by atoms with Crippen LogP contribution in [0.15, 0.2) is 71.6 Å². The van der Waals surface area contributed by atoms with Gasteiger partial charge in [-0.2, -0.15) is 0 Å². The average Bonchev–Trinajstić information content (AvgIpc) is 2.87. The molecule has 0 aliphatic rings. The van der Waals surface area contributed by atoms with E-state index in [4.69, 9.17) is 14.2 Å². The third-order valence-corrected chi connectivity index (χ3v) is 7.02. The molecule has 0 spiro atoms. The van der Waals surface area contributed by atoms with E-state index in [0.717, 1.165) is 34.1 Å². The van der Waals surface area contributed by atoms with E-state index in [9.17, 15) is 17.6 Å². The quantitative estimate of drug-likeness (QED) is 0.432. The zero-order valence-electron chi connectivity index (χ0n) is 19.7. The summed E-state index contributed by atoms with van der Waals surface area (Å²) < 4.78 is 56.6. The minimum Gasteiger partial charge on any atom is -0.497 e. The largest absolute Gasteiger partial charge is 0.497 e. The number of carbonyl (C=O) groups excluding carboxylic acids is 1. The van der Waals surface area contributed by atoms with Crippen LogP contribution in [0.3, 0.4) is 0 Å². The smallest absolute Gasteiger partial charge is 0.264 e. The Morgan fingerprint density at radius 3 is 2.14 bits per heavy atom. The Labute approximate surface area is 204 Å². The number of methoxy groups -OCH3 is 3. The van der Waals surface area contributed by atoms with Gasteiger partial charge in [-0.15, -0.1) is 0 Å². The van der Waals surface area contributed by atoms with Crippen LogP contribution >= 0.6 is 0 Å². The minimum absolute atomic E-state index is 0.132. The SMILES string of the molecule is COc1ccc(N(CC(=O)NCCc2ccc(OC)c(OC)c2)S(=O)(=O)c2ccc(F)cc2)cc1. The molecule has 1 amide bonds. The van der Waals surface area contributed by atoms with Gasteiger partial charge in [0.15, 0.2) is 11.5 Å². The Hall–Kier alpha value is -3.79. The highest BCUT2D eigenvalue weighted by Crippen LogP contribution is 2.28. The first-order valence-electron chi connectivity index (χ1n) is 10.7. The molecule has 3 rings (SSSR count). The lowest BCUT2D eigenvalue weighted by Gasteiger charge is -2.24. The van der Waals surface area contributed by atoms with E-state index < -0.39 is 28.3 Å². The first-order valence-corrected chi connectivity index (χ1v) is 12.1. The first-order chi connectivity index (χ1) is 16.8. The lowest BCUT2D eigenvalue weighted by molar-refractivity contribution is -0.119. The van der Waals surface area contributed by atoms with Crippen molar-refractivity contribution in [3.05, 3.63) is 78.1 Å². The van der Waals surface area contributed by atoms with Crippen LogP contribution in [0.25, 0.3) is 0 Å². The maximum absolute atomic E-state index is 13.4. The number of hydrogen-bond donors (Lipinski definition) is 1. The van der Waals surface area contributed by atoms with Crippen molar-refractivity contribution in [1.29, 1.82) is 0 Å². The van der Waals surface area contributed by atoms with Gasteiger partial charge in [0.2, 0.25) is 5.91 Å². The number of halogens is 1. The van der Waals surface area contributed by atoms with Crippen LogP contribution in [0.4, 0.5) is 10.1 Å². The third kappa shape index (κ3) is 6.42. The molecule has 0 saturated carbocycles. The number of carbonyl (C=O) groups is 1. The molecular weight excluding hydrogens is 475 g/mol. The number of nitrogens with zero attached hydrogens (tertiary/aromatic N) is 1. The van der Waals surface area contributed by atoms with Gasteiger partial charge in [0, 0.05) is 6.54 Å². The van der Waals surface area contributed by atoms with Crippen LogP contribution in [0.2, 0.25) is 0 Å². The normalized spacial score (nSPS) is 11.0. The molecule has 0 aliphatic heterocycles. The molecule has 0 heterocycles. The average molecular weight is 503 g/mol. The van der Waals surface area contributed by atoms with Crippen molar-refractivity contribution in [2.24, 2.45) is 0 Å². The van der Waals surface area contributed by atoms with Crippen LogP contribution in [-0.4, -0.2) is 48.7 Å². The molecule has 0 fully saturated rings. The molecule has 0 saturated heterocycles. The molecule has 8 nitrogen and oxygen atoms in total. The fourth-order valence-electron chi connectivity index (χ4n) is 3.37. The molecule has 1 N–H and O–H groups in total. The van der Waals surface area contributed by atoms with Gasteiger partial charge in [-0.3, -0.25) is 9.10 Å². The molecule has 0 unspecified atom stereocenters. The van der Waals surface area contributed by atoms with Crippen molar-refractivity contribution in [1.82, 2.24) is 5.32 Å². The number of hydrogen-bond acceptors (Lipinski definition) is 6. The first kappa shape index (κ1) is 25.8. The Morgan fingerprint density at radius 1 is 0.886 bits per heavy atom. The van der Waals surface area contributed by atoms with E-state index in [-0.39, 0.29) is 17.1 Å². The van der Waals surface area contributed by atoms with Gasteiger partial charge in [0.05, 0.1) is 31.9 Å². The lowest BCUT2D eigenvalue weighted by atomic mass is 10.1. The van der Waals surface area contributed by atoms with Gasteiger partial charge in [0.1, 0.15) is 18.1 Å². The maximum Gasteiger partial charge on any atom is 0.264 e. The molecule has 0 bridgehead atoms. The Bertz CT molecular complexity index is 1250. The highest BCUT2D eigenvalue weighted by molar-refractivity contribution is 7.92. The van der Waals surface area contributed by atoms with Gasteiger partial charge < -0.3 is 19.5 Å². The van der Waals surface area contributed by atoms with Crippen molar-refractivity contribution in [3.8, 4) is 17.2 Å². The summed E-state index contributed by atoms with van der Waals surface area (Å²) in [5.74, 6) is 0.654. The van der Waals surface area contributed by atoms with Crippen molar-refractivity contribution < 1.29 is 31.8 Å². The zero-order valence-corrected chi connectivity index (χ0v) is 20.5. The standard InChI is InChI=1S/C25H27FN2O6S/c1-32-21-9-7-20(8-10-21)28(35(30,31)22-11-5-19(26)6-12-22)17-25(29)27-15-14-18-4-13-23(33-2)24(16-18)34-3/h4-13,16H,14-15,17H2,1-3H3,(H,27,29). The van der Waals surface area contributed by atoms with E-state index in [1.807, 2.05) is 12.1 Å². The van der Waals surface area contributed by atoms with Gasteiger partial charge >= 0.3 is 0 Å². The number of sulfonamides is 1. The van der Waals surface area contributed by atoms with Crippen molar-refractivity contribution >= 4 is 21.6 Å². The van der Waals surface area contributed by atoms with E-state index in [0.29, 0.717) is 23.7 Å². The number of nitrogens with one attached hydrogen (secondary N) is 1. The predicted octanol–water partition coefficient (Wildman–Crippen LogP) is 3.41. The third-order valence-electron chi connectivity index (χ3n) is 5.23. The monoisotopic (exact) mass is 502 g/mol. The maximum atomic E-state index is 13.4. The summed E-state index contributed by atoms with van der Waals surface area (Å²) in [5, 5.41) is 2.75. The number of anilines is 1. The van der Waals surface area contributed by atoms with Crippen molar-refractivity contribution in [3.63, 3.8) is 0 Å². The minimum atomic E-state index is -4.14. The molecule has 0 atom stereocenters. The van der Waals surface area contributed by atoms with E-state index in [2.05, 4.69) is 5.32 Å². The van der Waals surface area contributed by atoms with Crippen LogP contribution in [0.1, 0.15) is 5.56 Å². The lowest BCUT2D eigenvalue weighted by Crippen LogP contribution is -2.41. The Balaban J connectivity index is 1.75. The second-order valence-corrected chi connectivity index (χ2v) is 9.32. The molecule has 10 heteroatoms. The van der Waals surface area contributed by atoms with E-state index in [1.165, 1.54) is 19.2 Å². The highest BCUT2D eigenvalue weighted by Gasteiger charge is 2.27. The van der Waals surface area contributed by atoms with Crippen LogP contribution in [0, 0.1) is 5.82 Å². The molecular formula is C25H27FN2O6S.